The van der Waals surface area contributed by atoms with Gasteiger partial charge in [0.15, 0.2) is 0 Å². The Balaban J connectivity index is 2.85. The zero-order chi connectivity index (χ0) is 9.84. The van der Waals surface area contributed by atoms with Crippen molar-refractivity contribution in [3.8, 4) is 0 Å². The second kappa shape index (κ2) is 4.39. The maximum absolute atomic E-state index is 9.51. The Morgan fingerprint density at radius 3 is 2.92 bits per heavy atom. The first-order valence-electron chi connectivity index (χ1n) is 4.61. The molecule has 0 aliphatic rings. The summed E-state index contributed by atoms with van der Waals surface area (Å²) in [5, 5.41) is 13.7. The predicted octanol–water partition coefficient (Wildman–Crippen LogP) is 0.594. The standard InChI is InChI=1S/C9H17N3O/c1-3-4-12-7(2)8(6-11-12)9(13)5-10/h6,9,13H,3-5,10H2,1-2H3. The Morgan fingerprint density at radius 1 is 1.69 bits per heavy atom. The average Bonchev–Trinajstić information content (AvgIpc) is 2.48. The third-order valence-electron chi connectivity index (χ3n) is 2.16. The highest BCUT2D eigenvalue weighted by atomic mass is 16.3. The fourth-order valence-electron chi connectivity index (χ4n) is 1.35. The van der Waals surface area contributed by atoms with Gasteiger partial charge >= 0.3 is 0 Å². The van der Waals surface area contributed by atoms with Gasteiger partial charge in [-0.1, -0.05) is 6.92 Å². The van der Waals surface area contributed by atoms with Crippen molar-refractivity contribution in [2.24, 2.45) is 5.73 Å². The van der Waals surface area contributed by atoms with Crippen LogP contribution in [0.15, 0.2) is 6.20 Å². The number of nitrogens with zero attached hydrogens (tertiary/aromatic N) is 2. The molecule has 0 saturated carbocycles. The molecule has 4 heteroatoms. The topological polar surface area (TPSA) is 64.1 Å². The van der Waals surface area contributed by atoms with Crippen molar-refractivity contribution in [1.29, 1.82) is 0 Å². The molecule has 1 heterocycles. The van der Waals surface area contributed by atoms with E-state index >= 15 is 0 Å². The molecule has 1 rings (SSSR count). The molecule has 1 unspecified atom stereocenters. The monoisotopic (exact) mass is 183 g/mol. The summed E-state index contributed by atoms with van der Waals surface area (Å²) in [6, 6.07) is 0. The van der Waals surface area contributed by atoms with E-state index in [0.717, 1.165) is 24.2 Å². The SMILES string of the molecule is CCCn1ncc(C(O)CN)c1C. The fourth-order valence-corrected chi connectivity index (χ4v) is 1.35. The van der Waals surface area contributed by atoms with Crippen molar-refractivity contribution in [2.45, 2.75) is 32.9 Å². The lowest BCUT2D eigenvalue weighted by Gasteiger charge is -2.07. The van der Waals surface area contributed by atoms with Crippen molar-refractivity contribution in [1.82, 2.24) is 9.78 Å². The molecule has 0 aliphatic heterocycles. The van der Waals surface area contributed by atoms with Gasteiger partial charge in [0.25, 0.3) is 0 Å². The zero-order valence-electron chi connectivity index (χ0n) is 8.20. The number of aliphatic hydroxyl groups is 1. The zero-order valence-corrected chi connectivity index (χ0v) is 8.20. The first-order valence-corrected chi connectivity index (χ1v) is 4.61. The number of aromatic nitrogens is 2. The predicted molar refractivity (Wildman–Crippen MR) is 51.3 cm³/mol. The summed E-state index contributed by atoms with van der Waals surface area (Å²) in [7, 11) is 0. The van der Waals surface area contributed by atoms with Gasteiger partial charge in [-0.3, -0.25) is 4.68 Å². The summed E-state index contributed by atoms with van der Waals surface area (Å²) in [6.07, 6.45) is 2.16. The van der Waals surface area contributed by atoms with Gasteiger partial charge in [-0.15, -0.1) is 0 Å². The van der Waals surface area contributed by atoms with Gasteiger partial charge in [-0.05, 0) is 13.3 Å². The van der Waals surface area contributed by atoms with Crippen LogP contribution in [0.4, 0.5) is 0 Å². The Bertz CT molecular complexity index is 270. The van der Waals surface area contributed by atoms with Crippen LogP contribution in [-0.4, -0.2) is 21.4 Å². The molecule has 0 spiro atoms. The van der Waals surface area contributed by atoms with Crippen molar-refractivity contribution in [3.63, 3.8) is 0 Å². The Morgan fingerprint density at radius 2 is 2.38 bits per heavy atom. The van der Waals surface area contributed by atoms with Crippen LogP contribution in [0.1, 0.15) is 30.7 Å². The van der Waals surface area contributed by atoms with Gasteiger partial charge in [-0.25, -0.2) is 0 Å². The number of rotatable bonds is 4. The van der Waals surface area contributed by atoms with E-state index in [1.165, 1.54) is 0 Å². The summed E-state index contributed by atoms with van der Waals surface area (Å²) >= 11 is 0. The lowest BCUT2D eigenvalue weighted by atomic mass is 10.1. The Labute approximate surface area is 78.4 Å². The number of aliphatic hydroxyl groups excluding tert-OH is 1. The van der Waals surface area contributed by atoms with Crippen LogP contribution < -0.4 is 5.73 Å². The van der Waals surface area contributed by atoms with Crippen LogP contribution in [0, 0.1) is 6.92 Å². The molecule has 4 nitrogen and oxygen atoms in total. The van der Waals surface area contributed by atoms with E-state index in [9.17, 15) is 5.11 Å². The summed E-state index contributed by atoms with van der Waals surface area (Å²) < 4.78 is 1.90. The second-order valence-electron chi connectivity index (χ2n) is 3.16. The van der Waals surface area contributed by atoms with Gasteiger partial charge in [0.2, 0.25) is 0 Å². The van der Waals surface area contributed by atoms with Gasteiger partial charge in [0.1, 0.15) is 0 Å². The molecule has 0 aliphatic carbocycles. The molecule has 0 fully saturated rings. The highest BCUT2D eigenvalue weighted by Crippen LogP contribution is 2.15. The molecule has 0 amide bonds. The first-order chi connectivity index (χ1) is 6.20. The summed E-state index contributed by atoms with van der Waals surface area (Å²) in [5.74, 6) is 0. The van der Waals surface area contributed by atoms with Crippen LogP contribution in [0.25, 0.3) is 0 Å². The van der Waals surface area contributed by atoms with Crippen molar-refractivity contribution in [2.75, 3.05) is 6.54 Å². The van der Waals surface area contributed by atoms with E-state index in [-0.39, 0.29) is 6.54 Å². The molecule has 1 aromatic heterocycles. The van der Waals surface area contributed by atoms with Gasteiger partial charge < -0.3 is 10.8 Å². The molecule has 0 aromatic carbocycles. The van der Waals surface area contributed by atoms with Crippen LogP contribution in [0.2, 0.25) is 0 Å². The molecule has 1 atom stereocenters. The minimum Gasteiger partial charge on any atom is -0.387 e. The van der Waals surface area contributed by atoms with Crippen LogP contribution >= 0.6 is 0 Å². The lowest BCUT2D eigenvalue weighted by molar-refractivity contribution is 0.186. The van der Waals surface area contributed by atoms with Crippen molar-refractivity contribution in [3.05, 3.63) is 17.5 Å². The van der Waals surface area contributed by atoms with Crippen molar-refractivity contribution < 1.29 is 5.11 Å². The Hall–Kier alpha value is -0.870. The van der Waals surface area contributed by atoms with Crippen LogP contribution in [-0.2, 0) is 6.54 Å². The largest absolute Gasteiger partial charge is 0.387 e. The number of hydrogen-bond acceptors (Lipinski definition) is 3. The fraction of sp³-hybridized carbons (Fsp3) is 0.667. The van der Waals surface area contributed by atoms with E-state index in [1.807, 2.05) is 11.6 Å². The van der Waals surface area contributed by atoms with E-state index in [1.54, 1.807) is 6.20 Å². The smallest absolute Gasteiger partial charge is 0.0945 e. The maximum atomic E-state index is 9.51. The quantitative estimate of drug-likeness (QED) is 0.718. The molecule has 13 heavy (non-hydrogen) atoms. The lowest BCUT2D eigenvalue weighted by Crippen LogP contribution is -2.12. The summed E-state index contributed by atoms with van der Waals surface area (Å²) in [4.78, 5) is 0. The Kier molecular flexibility index (Phi) is 3.45. The molecule has 3 N–H and O–H groups in total. The first kappa shape index (κ1) is 10.2. The van der Waals surface area contributed by atoms with Crippen LogP contribution in [0.3, 0.4) is 0 Å². The highest BCUT2D eigenvalue weighted by molar-refractivity contribution is 5.19. The van der Waals surface area contributed by atoms with Crippen molar-refractivity contribution >= 4 is 0 Å². The third kappa shape index (κ3) is 2.08. The molecule has 0 radical (unpaired) electrons. The van der Waals surface area contributed by atoms with E-state index in [0.29, 0.717) is 0 Å². The van der Waals surface area contributed by atoms with Gasteiger partial charge in [-0.2, -0.15) is 5.10 Å². The van der Waals surface area contributed by atoms with Gasteiger partial charge in [0.05, 0.1) is 12.3 Å². The molecular formula is C9H17N3O. The highest BCUT2D eigenvalue weighted by Gasteiger charge is 2.12. The molecule has 74 valence electrons. The molecule has 1 aromatic rings. The minimum atomic E-state index is -0.578. The van der Waals surface area contributed by atoms with Gasteiger partial charge in [0, 0.05) is 24.3 Å². The number of nitrogens with two attached hydrogens (primary N) is 1. The molecular weight excluding hydrogens is 166 g/mol. The number of hydrogen-bond donors (Lipinski definition) is 2. The second-order valence-corrected chi connectivity index (χ2v) is 3.16. The normalized spacial score (nSPS) is 13.2. The minimum absolute atomic E-state index is 0.249. The maximum Gasteiger partial charge on any atom is 0.0945 e. The van der Waals surface area contributed by atoms with Crippen LogP contribution in [0.5, 0.6) is 0 Å². The van der Waals surface area contributed by atoms with E-state index in [4.69, 9.17) is 5.73 Å². The molecule has 0 saturated heterocycles. The summed E-state index contributed by atoms with van der Waals surface area (Å²) in [6.45, 7) is 5.19. The molecule has 0 bridgehead atoms. The van der Waals surface area contributed by atoms with E-state index < -0.39 is 6.10 Å². The third-order valence-corrected chi connectivity index (χ3v) is 2.16. The average molecular weight is 183 g/mol. The number of aryl methyl sites for hydroxylation is 1. The van der Waals surface area contributed by atoms with E-state index in [2.05, 4.69) is 12.0 Å². The summed E-state index contributed by atoms with van der Waals surface area (Å²) in [5.41, 5.74) is 7.23.